The van der Waals surface area contributed by atoms with Crippen molar-refractivity contribution in [2.24, 2.45) is 0 Å². The molecule has 0 saturated carbocycles. The van der Waals surface area contributed by atoms with Crippen LogP contribution in [0.5, 0.6) is 0 Å². The van der Waals surface area contributed by atoms with Crippen molar-refractivity contribution in [3.05, 3.63) is 47.8 Å². The Balaban J connectivity index is 1.72. The van der Waals surface area contributed by atoms with E-state index in [0.29, 0.717) is 11.6 Å². The van der Waals surface area contributed by atoms with Gasteiger partial charge in [0.2, 0.25) is 0 Å². The van der Waals surface area contributed by atoms with Crippen molar-refractivity contribution in [3.63, 3.8) is 0 Å². The third-order valence-electron chi connectivity index (χ3n) is 4.58. The summed E-state index contributed by atoms with van der Waals surface area (Å²) in [6, 6.07) is 8.45. The Bertz CT molecular complexity index is 724. The van der Waals surface area contributed by atoms with E-state index in [4.69, 9.17) is 0 Å². The first-order valence-corrected chi connectivity index (χ1v) is 8.71. The third-order valence-corrected chi connectivity index (χ3v) is 4.58. The van der Waals surface area contributed by atoms with E-state index in [0.717, 1.165) is 43.1 Å². The molecule has 2 heterocycles. The van der Waals surface area contributed by atoms with E-state index < -0.39 is 0 Å². The van der Waals surface area contributed by atoms with E-state index in [2.05, 4.69) is 52.2 Å². The van der Waals surface area contributed by atoms with E-state index in [1.54, 1.807) is 6.07 Å². The molecule has 1 amide bonds. The Morgan fingerprint density at radius 1 is 1.12 bits per heavy atom. The smallest absolute Gasteiger partial charge is 0.257 e. The Labute approximate surface area is 148 Å². The van der Waals surface area contributed by atoms with Gasteiger partial charge in [0.1, 0.15) is 0 Å². The van der Waals surface area contributed by atoms with Gasteiger partial charge in [-0.2, -0.15) is 10.2 Å². The Hall–Kier alpha value is -2.47. The SMILES string of the molecule is Cc1cc(NC(=O)c2ccnnc2)cc(N2CCN(C(C)C)CC2)c1. The van der Waals surface area contributed by atoms with Gasteiger partial charge in [0.05, 0.1) is 18.0 Å². The van der Waals surface area contributed by atoms with Crippen molar-refractivity contribution in [1.82, 2.24) is 15.1 Å². The zero-order valence-electron chi connectivity index (χ0n) is 15.1. The summed E-state index contributed by atoms with van der Waals surface area (Å²) in [6.45, 7) is 10.7. The summed E-state index contributed by atoms with van der Waals surface area (Å²) >= 11 is 0. The molecule has 1 fully saturated rings. The lowest BCUT2D eigenvalue weighted by molar-refractivity contribution is 0.102. The number of rotatable bonds is 4. The average molecular weight is 339 g/mol. The van der Waals surface area contributed by atoms with Gasteiger partial charge >= 0.3 is 0 Å². The van der Waals surface area contributed by atoms with Crippen molar-refractivity contribution in [2.75, 3.05) is 36.4 Å². The lowest BCUT2D eigenvalue weighted by Crippen LogP contribution is -2.48. The number of hydrogen-bond donors (Lipinski definition) is 1. The van der Waals surface area contributed by atoms with Gasteiger partial charge in [-0.15, -0.1) is 0 Å². The lowest BCUT2D eigenvalue weighted by atomic mass is 10.1. The van der Waals surface area contributed by atoms with Crippen LogP contribution in [-0.4, -0.2) is 53.2 Å². The van der Waals surface area contributed by atoms with E-state index in [9.17, 15) is 4.79 Å². The van der Waals surface area contributed by atoms with Crippen LogP contribution in [0.2, 0.25) is 0 Å². The zero-order valence-corrected chi connectivity index (χ0v) is 15.1. The van der Waals surface area contributed by atoms with Crippen LogP contribution in [0.15, 0.2) is 36.7 Å². The number of hydrogen-bond acceptors (Lipinski definition) is 5. The minimum Gasteiger partial charge on any atom is -0.369 e. The summed E-state index contributed by atoms with van der Waals surface area (Å²) in [5.74, 6) is -0.170. The van der Waals surface area contributed by atoms with E-state index >= 15 is 0 Å². The molecule has 0 unspecified atom stereocenters. The molecule has 3 rings (SSSR count). The molecule has 1 aliphatic rings. The van der Waals surface area contributed by atoms with E-state index in [1.165, 1.54) is 12.4 Å². The molecule has 0 spiro atoms. The topological polar surface area (TPSA) is 61.4 Å². The largest absolute Gasteiger partial charge is 0.369 e. The highest BCUT2D eigenvalue weighted by molar-refractivity contribution is 6.04. The fourth-order valence-electron chi connectivity index (χ4n) is 3.14. The van der Waals surface area contributed by atoms with Gasteiger partial charge < -0.3 is 10.2 Å². The maximum Gasteiger partial charge on any atom is 0.257 e. The first kappa shape index (κ1) is 17.4. The number of nitrogens with zero attached hydrogens (tertiary/aromatic N) is 4. The molecule has 1 aromatic heterocycles. The van der Waals surface area contributed by atoms with Gasteiger partial charge in [-0.25, -0.2) is 0 Å². The van der Waals surface area contributed by atoms with E-state index in [-0.39, 0.29) is 5.91 Å². The fourth-order valence-corrected chi connectivity index (χ4v) is 3.14. The first-order valence-electron chi connectivity index (χ1n) is 8.71. The molecule has 6 nitrogen and oxygen atoms in total. The Morgan fingerprint density at radius 2 is 1.88 bits per heavy atom. The minimum atomic E-state index is -0.170. The quantitative estimate of drug-likeness (QED) is 0.928. The minimum absolute atomic E-state index is 0.170. The van der Waals surface area contributed by atoms with Crippen LogP contribution in [0.25, 0.3) is 0 Å². The van der Waals surface area contributed by atoms with Gasteiger partial charge in [0, 0.05) is 43.6 Å². The maximum absolute atomic E-state index is 12.3. The molecule has 1 N–H and O–H groups in total. The molecule has 0 radical (unpaired) electrons. The van der Waals surface area contributed by atoms with Gasteiger partial charge in [-0.3, -0.25) is 9.69 Å². The zero-order chi connectivity index (χ0) is 17.8. The second-order valence-corrected chi connectivity index (χ2v) is 6.76. The Kier molecular flexibility index (Phi) is 5.28. The number of aromatic nitrogens is 2. The second kappa shape index (κ2) is 7.61. The number of amides is 1. The summed E-state index contributed by atoms with van der Waals surface area (Å²) in [4.78, 5) is 17.2. The van der Waals surface area contributed by atoms with Crippen LogP contribution in [0.4, 0.5) is 11.4 Å². The predicted octanol–water partition coefficient (Wildman–Crippen LogP) is 2.57. The predicted molar refractivity (Wildman–Crippen MR) is 100 cm³/mol. The van der Waals surface area contributed by atoms with E-state index in [1.807, 2.05) is 12.1 Å². The highest BCUT2D eigenvalue weighted by atomic mass is 16.1. The van der Waals surface area contributed by atoms with Gasteiger partial charge in [-0.1, -0.05) is 0 Å². The summed E-state index contributed by atoms with van der Waals surface area (Å²) in [5, 5.41) is 10.4. The number of carbonyl (C=O) groups is 1. The van der Waals surface area contributed by atoms with Crippen molar-refractivity contribution in [2.45, 2.75) is 26.8 Å². The second-order valence-electron chi connectivity index (χ2n) is 6.76. The molecule has 25 heavy (non-hydrogen) atoms. The number of aryl methyl sites for hydroxylation is 1. The first-order chi connectivity index (χ1) is 12.0. The molecular weight excluding hydrogens is 314 g/mol. The number of piperazine rings is 1. The Morgan fingerprint density at radius 3 is 2.52 bits per heavy atom. The highest BCUT2D eigenvalue weighted by Crippen LogP contribution is 2.24. The number of anilines is 2. The van der Waals surface area contributed by atoms with Crippen LogP contribution in [0, 0.1) is 6.92 Å². The van der Waals surface area contributed by atoms with Crippen LogP contribution < -0.4 is 10.2 Å². The highest BCUT2D eigenvalue weighted by Gasteiger charge is 2.19. The molecule has 0 atom stereocenters. The van der Waals surface area contributed by atoms with Crippen LogP contribution in [0.3, 0.4) is 0 Å². The van der Waals surface area contributed by atoms with Crippen molar-refractivity contribution < 1.29 is 4.79 Å². The standard InChI is InChI=1S/C19H25N5O/c1-14(2)23-6-8-24(9-7-23)18-11-15(3)10-17(12-18)22-19(25)16-4-5-20-21-13-16/h4-5,10-14H,6-9H2,1-3H3,(H,22,25). The van der Waals surface area contributed by atoms with Gasteiger partial charge in [-0.05, 0) is 50.6 Å². The molecule has 2 aromatic rings. The van der Waals surface area contributed by atoms with Crippen LogP contribution >= 0.6 is 0 Å². The molecule has 6 heteroatoms. The molecule has 1 aliphatic heterocycles. The molecule has 1 aromatic carbocycles. The van der Waals surface area contributed by atoms with Gasteiger partial charge in [0.25, 0.3) is 5.91 Å². The number of benzene rings is 1. The molecule has 0 aliphatic carbocycles. The maximum atomic E-state index is 12.3. The van der Waals surface area contributed by atoms with Crippen molar-refractivity contribution >= 4 is 17.3 Å². The molecular formula is C19H25N5O. The summed E-state index contributed by atoms with van der Waals surface area (Å²) in [6.07, 6.45) is 2.99. The summed E-state index contributed by atoms with van der Waals surface area (Å²) in [5.41, 5.74) is 3.60. The van der Waals surface area contributed by atoms with Crippen molar-refractivity contribution in [1.29, 1.82) is 0 Å². The molecule has 132 valence electrons. The number of nitrogens with one attached hydrogen (secondary N) is 1. The molecule has 0 bridgehead atoms. The third kappa shape index (κ3) is 4.33. The summed E-state index contributed by atoms with van der Waals surface area (Å²) < 4.78 is 0. The lowest BCUT2D eigenvalue weighted by Gasteiger charge is -2.38. The van der Waals surface area contributed by atoms with Crippen LogP contribution in [0.1, 0.15) is 29.8 Å². The monoisotopic (exact) mass is 339 g/mol. The summed E-state index contributed by atoms with van der Waals surface area (Å²) in [7, 11) is 0. The van der Waals surface area contributed by atoms with Crippen LogP contribution in [-0.2, 0) is 0 Å². The fraction of sp³-hybridized carbons (Fsp3) is 0.421. The van der Waals surface area contributed by atoms with Crippen molar-refractivity contribution in [3.8, 4) is 0 Å². The van der Waals surface area contributed by atoms with Gasteiger partial charge in [0.15, 0.2) is 0 Å². The average Bonchev–Trinajstić information content (AvgIpc) is 2.62. The normalized spacial score (nSPS) is 15.4. The molecule has 1 saturated heterocycles. The number of carbonyl (C=O) groups excluding carboxylic acids is 1.